The molecule has 0 fully saturated rings. The lowest BCUT2D eigenvalue weighted by Gasteiger charge is -2.24. The summed E-state index contributed by atoms with van der Waals surface area (Å²) in [5, 5.41) is 21.1. The first-order valence-corrected chi connectivity index (χ1v) is 7.08. The van der Waals surface area contributed by atoms with Crippen LogP contribution in [-0.4, -0.2) is 35.8 Å². The molecule has 94 valence electrons. The van der Waals surface area contributed by atoms with Crippen molar-refractivity contribution in [2.75, 3.05) is 25.2 Å². The predicted octanol–water partition coefficient (Wildman–Crippen LogP) is 2.02. The maximum absolute atomic E-state index is 9.11. The van der Waals surface area contributed by atoms with Crippen molar-refractivity contribution < 1.29 is 5.11 Å². The Bertz CT molecular complexity index is 212. The average Bonchev–Trinajstić information content (AvgIpc) is 2.34. The summed E-state index contributed by atoms with van der Waals surface area (Å²) in [5.41, 5.74) is -0.344. The summed E-state index contributed by atoms with van der Waals surface area (Å²) in [6.07, 6.45) is 2.79. The largest absolute Gasteiger partial charge is 0.396 e. The zero-order valence-corrected chi connectivity index (χ0v) is 11.4. The molecule has 0 aromatic heterocycles. The number of hydrogen-bond acceptors (Lipinski definition) is 4. The first kappa shape index (κ1) is 15.8. The van der Waals surface area contributed by atoms with Gasteiger partial charge in [0, 0.05) is 6.61 Å². The fourth-order valence-corrected chi connectivity index (χ4v) is 2.51. The summed E-state index contributed by atoms with van der Waals surface area (Å²) in [6, 6.07) is 2.37. The molecule has 2 unspecified atom stereocenters. The molecule has 0 aliphatic carbocycles. The fourth-order valence-electron chi connectivity index (χ4n) is 1.48. The fraction of sp³-hybridized carbons (Fsp3) is 0.917. The van der Waals surface area contributed by atoms with Gasteiger partial charge in [0.2, 0.25) is 0 Å². The molecule has 0 aromatic carbocycles. The lowest BCUT2D eigenvalue weighted by molar-refractivity contribution is 0.250. The first-order valence-electron chi connectivity index (χ1n) is 5.93. The number of thioether (sulfide) groups is 1. The quantitative estimate of drug-likeness (QED) is 0.609. The smallest absolute Gasteiger partial charge is 0.106 e. The third-order valence-corrected chi connectivity index (χ3v) is 4.28. The maximum atomic E-state index is 9.11. The second kappa shape index (κ2) is 8.86. The summed E-state index contributed by atoms with van der Waals surface area (Å²) in [5.74, 6) is 2.44. The zero-order chi connectivity index (χ0) is 12.4. The highest BCUT2D eigenvalue weighted by Gasteiger charge is 2.24. The van der Waals surface area contributed by atoms with E-state index < -0.39 is 0 Å². The van der Waals surface area contributed by atoms with Gasteiger partial charge in [-0.25, -0.2) is 0 Å². The average molecular weight is 244 g/mol. The molecule has 3 nitrogen and oxygen atoms in total. The van der Waals surface area contributed by atoms with Gasteiger partial charge in [-0.2, -0.15) is 17.0 Å². The molecule has 16 heavy (non-hydrogen) atoms. The van der Waals surface area contributed by atoms with Crippen molar-refractivity contribution in [2.24, 2.45) is 5.92 Å². The van der Waals surface area contributed by atoms with E-state index in [2.05, 4.69) is 11.4 Å². The van der Waals surface area contributed by atoms with Crippen molar-refractivity contribution in [3.8, 4) is 6.07 Å². The number of aliphatic hydroxyl groups is 1. The van der Waals surface area contributed by atoms with Gasteiger partial charge in [-0.05, 0) is 43.7 Å². The number of hydrogen-bond donors (Lipinski definition) is 2. The van der Waals surface area contributed by atoms with E-state index in [9.17, 15) is 0 Å². The van der Waals surface area contributed by atoms with Crippen LogP contribution in [0.2, 0.25) is 0 Å². The highest BCUT2D eigenvalue weighted by molar-refractivity contribution is 7.99. The minimum absolute atomic E-state index is 0.264. The Morgan fingerprint density at radius 3 is 2.69 bits per heavy atom. The summed E-state index contributed by atoms with van der Waals surface area (Å²) >= 11 is 1.86. The van der Waals surface area contributed by atoms with Crippen molar-refractivity contribution in [1.29, 1.82) is 5.26 Å². The molecule has 0 heterocycles. The van der Waals surface area contributed by atoms with E-state index in [1.807, 2.05) is 32.7 Å². The lowest BCUT2D eigenvalue weighted by Crippen LogP contribution is -2.40. The van der Waals surface area contributed by atoms with Crippen molar-refractivity contribution in [3.05, 3.63) is 0 Å². The maximum Gasteiger partial charge on any atom is 0.106 e. The van der Waals surface area contributed by atoms with Crippen LogP contribution in [0.3, 0.4) is 0 Å². The molecule has 2 N–H and O–H groups in total. The molecule has 0 rings (SSSR count). The molecule has 2 atom stereocenters. The van der Waals surface area contributed by atoms with Gasteiger partial charge < -0.3 is 10.4 Å². The van der Waals surface area contributed by atoms with Crippen molar-refractivity contribution in [3.63, 3.8) is 0 Å². The first-order chi connectivity index (χ1) is 7.64. The van der Waals surface area contributed by atoms with E-state index in [1.165, 1.54) is 0 Å². The molecule has 0 aliphatic heterocycles. The molecule has 0 radical (unpaired) electrons. The molecule has 0 aromatic rings. The van der Waals surface area contributed by atoms with Crippen LogP contribution in [0.5, 0.6) is 0 Å². The second-order valence-corrected chi connectivity index (χ2v) is 5.41. The van der Waals surface area contributed by atoms with Crippen LogP contribution in [0.25, 0.3) is 0 Å². The van der Waals surface area contributed by atoms with E-state index in [0.717, 1.165) is 30.8 Å². The number of nitrogens with zero attached hydrogens (tertiary/aromatic N) is 1. The van der Waals surface area contributed by atoms with Crippen LogP contribution in [0.4, 0.5) is 0 Å². The normalized spacial score (nSPS) is 16.4. The minimum Gasteiger partial charge on any atom is -0.396 e. The second-order valence-electron chi connectivity index (χ2n) is 4.26. The van der Waals surface area contributed by atoms with Gasteiger partial charge in [0.15, 0.2) is 0 Å². The SMILES string of the molecule is CCC(C#N)(CCCSCC(C)CO)NC. The molecule has 0 bridgehead atoms. The summed E-state index contributed by atoms with van der Waals surface area (Å²) < 4.78 is 0. The van der Waals surface area contributed by atoms with E-state index in [1.54, 1.807) is 0 Å². The molecular weight excluding hydrogens is 220 g/mol. The Morgan fingerprint density at radius 2 is 2.25 bits per heavy atom. The lowest BCUT2D eigenvalue weighted by atomic mass is 9.93. The van der Waals surface area contributed by atoms with Gasteiger partial charge in [-0.15, -0.1) is 0 Å². The van der Waals surface area contributed by atoms with Crippen molar-refractivity contribution >= 4 is 11.8 Å². The van der Waals surface area contributed by atoms with Gasteiger partial charge in [0.25, 0.3) is 0 Å². The summed E-state index contributed by atoms with van der Waals surface area (Å²) in [6.45, 7) is 4.35. The Balaban J connectivity index is 3.68. The minimum atomic E-state index is -0.344. The molecule has 0 amide bonds. The van der Waals surface area contributed by atoms with Crippen molar-refractivity contribution in [1.82, 2.24) is 5.32 Å². The van der Waals surface area contributed by atoms with Crippen LogP contribution < -0.4 is 5.32 Å². The summed E-state index contributed by atoms with van der Waals surface area (Å²) in [7, 11) is 1.85. The number of nitriles is 1. The van der Waals surface area contributed by atoms with E-state index in [4.69, 9.17) is 10.4 Å². The van der Waals surface area contributed by atoms with Crippen LogP contribution in [0, 0.1) is 17.2 Å². The predicted molar refractivity (Wildman–Crippen MR) is 70.5 cm³/mol. The van der Waals surface area contributed by atoms with Gasteiger partial charge in [0.1, 0.15) is 5.54 Å². The Morgan fingerprint density at radius 1 is 1.56 bits per heavy atom. The Labute approximate surface area is 104 Å². The van der Waals surface area contributed by atoms with Crippen molar-refractivity contribution in [2.45, 2.75) is 38.6 Å². The monoisotopic (exact) mass is 244 g/mol. The van der Waals surface area contributed by atoms with Crippen LogP contribution in [-0.2, 0) is 0 Å². The van der Waals surface area contributed by atoms with E-state index >= 15 is 0 Å². The number of rotatable bonds is 9. The molecule has 4 heteroatoms. The summed E-state index contributed by atoms with van der Waals surface area (Å²) in [4.78, 5) is 0. The molecular formula is C12H24N2OS. The standard InChI is InChI=1S/C12H24N2OS/c1-4-12(10-13,14-3)6-5-7-16-9-11(2)8-15/h11,14-15H,4-9H2,1-3H3. The van der Waals surface area contributed by atoms with Crippen LogP contribution in [0.1, 0.15) is 33.1 Å². The van der Waals surface area contributed by atoms with Gasteiger partial charge in [0.05, 0.1) is 6.07 Å². The van der Waals surface area contributed by atoms with Crippen LogP contribution >= 0.6 is 11.8 Å². The molecule has 0 saturated carbocycles. The van der Waals surface area contributed by atoms with Crippen LogP contribution in [0.15, 0.2) is 0 Å². The molecule has 0 saturated heterocycles. The van der Waals surface area contributed by atoms with Gasteiger partial charge in [-0.3, -0.25) is 0 Å². The molecule has 0 aliphatic rings. The number of nitrogens with one attached hydrogen (secondary N) is 1. The zero-order valence-electron chi connectivity index (χ0n) is 10.6. The highest BCUT2D eigenvalue weighted by atomic mass is 32.2. The Kier molecular flexibility index (Phi) is 8.73. The highest BCUT2D eigenvalue weighted by Crippen LogP contribution is 2.18. The number of aliphatic hydroxyl groups excluding tert-OH is 1. The Hall–Kier alpha value is -0.240. The third-order valence-electron chi connectivity index (χ3n) is 2.90. The third kappa shape index (κ3) is 5.74. The van der Waals surface area contributed by atoms with Gasteiger partial charge in [-0.1, -0.05) is 13.8 Å². The van der Waals surface area contributed by atoms with Gasteiger partial charge >= 0.3 is 0 Å². The molecule has 0 spiro atoms. The van der Waals surface area contributed by atoms with E-state index in [0.29, 0.717) is 5.92 Å². The van der Waals surface area contributed by atoms with E-state index in [-0.39, 0.29) is 12.1 Å². The topological polar surface area (TPSA) is 56.0 Å².